The molecule has 0 amide bonds. The van der Waals surface area contributed by atoms with E-state index in [2.05, 4.69) is 13.8 Å². The molecule has 0 saturated carbocycles. The van der Waals surface area contributed by atoms with Crippen LogP contribution in [-0.4, -0.2) is 21.9 Å². The van der Waals surface area contributed by atoms with Gasteiger partial charge in [0, 0.05) is 5.25 Å². The number of aliphatic carboxylic acids is 2. The quantitative estimate of drug-likeness (QED) is 0.0722. The minimum Gasteiger partial charge on any atom is -0.549 e. The second kappa shape index (κ2) is 28.1. The summed E-state index contributed by atoms with van der Waals surface area (Å²) in [6.07, 6.45) is 33.8. The third-order valence-corrected chi connectivity index (χ3v) is 10.5. The highest BCUT2D eigenvalue weighted by atomic mass is 32.2. The first-order chi connectivity index (χ1) is 19.8. The van der Waals surface area contributed by atoms with Gasteiger partial charge in [0.25, 0.3) is 0 Å². The van der Waals surface area contributed by atoms with Gasteiger partial charge in [0.05, 0.1) is 16.7 Å². The Morgan fingerprint density at radius 3 is 1.05 bits per heavy atom. The Balaban J connectivity index is 4.36. The second-order valence-corrected chi connectivity index (χ2v) is 14.7. The fourth-order valence-corrected chi connectivity index (χ4v) is 7.42. The van der Waals surface area contributed by atoms with Crippen LogP contribution in [0.15, 0.2) is 0 Å². The van der Waals surface area contributed by atoms with Gasteiger partial charge in [0.2, 0.25) is 0 Å². The molecule has 0 heterocycles. The number of carbonyl (C=O) groups is 2. The molecule has 3 unspecified atom stereocenters. The van der Waals surface area contributed by atoms with Gasteiger partial charge < -0.3 is 19.8 Å². The number of hydrogen-bond acceptors (Lipinski definition) is 5. The van der Waals surface area contributed by atoms with Gasteiger partial charge in [0.15, 0.2) is 0 Å². The highest BCUT2D eigenvalue weighted by molar-refractivity contribution is 8.02. The van der Waals surface area contributed by atoms with Gasteiger partial charge >= 0.3 is 0 Å². The molecule has 0 rings (SSSR count). The average molecular weight is 597 g/mol. The lowest BCUT2D eigenvalue weighted by molar-refractivity contribution is -0.310. The Morgan fingerprint density at radius 1 is 0.537 bits per heavy atom. The SMILES string of the molecule is CCCCCCCCCCCCCCCCCC(CCCCCCCCCCCC)C(C)(SC(C)C(=O)[O-])C(=O)[O-]. The topological polar surface area (TPSA) is 80.3 Å². The molecule has 3 atom stereocenters. The molecule has 0 aromatic rings. The van der Waals surface area contributed by atoms with E-state index in [1.54, 1.807) is 6.92 Å². The zero-order chi connectivity index (χ0) is 30.6. The highest BCUT2D eigenvalue weighted by Gasteiger charge is 2.37. The predicted octanol–water partition coefficient (Wildman–Crippen LogP) is 9.56. The molecule has 4 nitrogen and oxygen atoms in total. The number of unbranched alkanes of at least 4 members (excludes halogenated alkanes) is 23. The molecular formula is C36H68O4S-2. The third-order valence-electron chi connectivity index (χ3n) is 9.00. The molecule has 0 fully saturated rings. The van der Waals surface area contributed by atoms with Crippen molar-refractivity contribution in [3.63, 3.8) is 0 Å². The molecule has 0 bridgehead atoms. The van der Waals surface area contributed by atoms with Crippen LogP contribution >= 0.6 is 11.8 Å². The minimum absolute atomic E-state index is 0.0738. The Kier molecular flexibility index (Phi) is 27.6. The van der Waals surface area contributed by atoms with Crippen molar-refractivity contribution < 1.29 is 19.8 Å². The lowest BCUT2D eigenvalue weighted by Gasteiger charge is -2.40. The molecule has 0 aromatic carbocycles. The molecule has 0 N–H and O–H groups in total. The Labute approximate surface area is 260 Å². The molecule has 0 aliphatic rings. The van der Waals surface area contributed by atoms with Gasteiger partial charge in [0.1, 0.15) is 0 Å². The van der Waals surface area contributed by atoms with Crippen molar-refractivity contribution in [2.24, 2.45) is 5.92 Å². The Hall–Kier alpha value is -0.710. The highest BCUT2D eigenvalue weighted by Crippen LogP contribution is 2.41. The fraction of sp³-hybridized carbons (Fsp3) is 0.944. The number of carboxylic acids is 2. The summed E-state index contributed by atoms with van der Waals surface area (Å²) in [5.41, 5.74) is 0. The second-order valence-electron chi connectivity index (χ2n) is 12.9. The summed E-state index contributed by atoms with van der Waals surface area (Å²) in [6.45, 7) is 7.74. The van der Waals surface area contributed by atoms with Crippen molar-refractivity contribution in [2.45, 2.75) is 211 Å². The van der Waals surface area contributed by atoms with Crippen LogP contribution in [0.2, 0.25) is 0 Å². The van der Waals surface area contributed by atoms with E-state index in [0.717, 1.165) is 50.3 Å². The van der Waals surface area contributed by atoms with Crippen LogP contribution in [0.25, 0.3) is 0 Å². The number of carboxylic acid groups (broad SMARTS) is 2. The predicted molar refractivity (Wildman–Crippen MR) is 175 cm³/mol. The van der Waals surface area contributed by atoms with Gasteiger partial charge in [-0.1, -0.05) is 174 Å². The van der Waals surface area contributed by atoms with E-state index in [4.69, 9.17) is 0 Å². The van der Waals surface area contributed by atoms with Crippen LogP contribution in [-0.2, 0) is 9.59 Å². The van der Waals surface area contributed by atoms with Crippen molar-refractivity contribution in [1.82, 2.24) is 0 Å². The summed E-state index contributed by atoms with van der Waals surface area (Å²) >= 11 is 1.02. The van der Waals surface area contributed by atoms with Crippen molar-refractivity contribution in [2.75, 3.05) is 0 Å². The molecule has 5 heteroatoms. The first-order valence-electron chi connectivity index (χ1n) is 17.9. The van der Waals surface area contributed by atoms with Gasteiger partial charge in [-0.3, -0.25) is 0 Å². The number of thioether (sulfide) groups is 1. The summed E-state index contributed by atoms with van der Waals surface area (Å²) in [4.78, 5) is 23.7. The molecule has 0 aliphatic heterocycles. The van der Waals surface area contributed by atoms with E-state index in [1.165, 1.54) is 142 Å². The summed E-state index contributed by atoms with van der Waals surface area (Å²) in [5.74, 6) is -2.41. The van der Waals surface area contributed by atoms with Gasteiger partial charge in [-0.25, -0.2) is 0 Å². The van der Waals surface area contributed by atoms with Crippen LogP contribution in [0.3, 0.4) is 0 Å². The summed E-state index contributed by atoms with van der Waals surface area (Å²) < 4.78 is -1.20. The minimum atomic E-state index is -1.20. The molecule has 0 spiro atoms. The number of carbonyl (C=O) groups excluding carboxylic acids is 2. The molecular weight excluding hydrogens is 528 g/mol. The van der Waals surface area contributed by atoms with Crippen molar-refractivity contribution in [1.29, 1.82) is 0 Å². The lowest BCUT2D eigenvalue weighted by atomic mass is 9.83. The Bertz CT molecular complexity index is 610. The first kappa shape index (κ1) is 40.3. The van der Waals surface area contributed by atoms with Crippen LogP contribution in [0.5, 0.6) is 0 Å². The van der Waals surface area contributed by atoms with E-state index in [-0.39, 0.29) is 5.92 Å². The van der Waals surface area contributed by atoms with E-state index >= 15 is 0 Å². The fourth-order valence-electron chi connectivity index (χ4n) is 6.06. The van der Waals surface area contributed by atoms with Crippen LogP contribution in [0.4, 0.5) is 0 Å². The zero-order valence-corrected chi connectivity index (χ0v) is 28.6. The lowest BCUT2D eigenvalue weighted by Crippen LogP contribution is -2.51. The standard InChI is InChI=1S/C36H70O4S/c1-5-7-9-11-13-15-17-18-19-20-21-23-25-27-29-31-33(36(4,35(39)40)41-32(3)34(37)38)30-28-26-24-22-16-14-12-10-8-6-2/h32-33H,5-31H2,1-4H3,(H,37,38)(H,39,40)/p-2. The van der Waals surface area contributed by atoms with Crippen LogP contribution in [0.1, 0.15) is 201 Å². The summed E-state index contributed by atoms with van der Waals surface area (Å²) in [6, 6.07) is 0. The van der Waals surface area contributed by atoms with Gasteiger partial charge in [-0.2, -0.15) is 0 Å². The average Bonchev–Trinajstić information content (AvgIpc) is 2.94. The molecule has 244 valence electrons. The molecule has 0 aromatic heterocycles. The van der Waals surface area contributed by atoms with Crippen LogP contribution < -0.4 is 10.2 Å². The van der Waals surface area contributed by atoms with E-state index in [0.29, 0.717) is 0 Å². The van der Waals surface area contributed by atoms with Crippen molar-refractivity contribution >= 4 is 23.7 Å². The molecule has 0 radical (unpaired) electrons. The summed E-state index contributed by atoms with van der Waals surface area (Å²) in [5, 5.41) is 22.9. The maximum atomic E-state index is 12.3. The smallest absolute Gasteiger partial charge is 0.0575 e. The van der Waals surface area contributed by atoms with Crippen LogP contribution in [0, 0.1) is 5.92 Å². The third kappa shape index (κ3) is 22.5. The normalized spacial score (nSPS) is 14.5. The first-order valence-corrected chi connectivity index (χ1v) is 18.8. The van der Waals surface area contributed by atoms with E-state index < -0.39 is 21.9 Å². The van der Waals surface area contributed by atoms with Gasteiger partial charge in [-0.15, -0.1) is 11.8 Å². The van der Waals surface area contributed by atoms with Crippen molar-refractivity contribution in [3.8, 4) is 0 Å². The number of rotatable bonds is 32. The molecule has 41 heavy (non-hydrogen) atoms. The largest absolute Gasteiger partial charge is 0.549 e. The Morgan fingerprint density at radius 2 is 0.805 bits per heavy atom. The van der Waals surface area contributed by atoms with Crippen molar-refractivity contribution in [3.05, 3.63) is 0 Å². The molecule has 0 saturated heterocycles. The molecule has 0 aliphatic carbocycles. The van der Waals surface area contributed by atoms with E-state index in [9.17, 15) is 19.8 Å². The maximum absolute atomic E-state index is 12.3. The van der Waals surface area contributed by atoms with Gasteiger partial charge in [-0.05, 0) is 32.6 Å². The zero-order valence-electron chi connectivity index (χ0n) is 27.8. The monoisotopic (exact) mass is 596 g/mol. The maximum Gasteiger partial charge on any atom is 0.0575 e. The number of hydrogen-bond donors (Lipinski definition) is 0. The summed E-state index contributed by atoms with van der Waals surface area (Å²) in [7, 11) is 0. The van der Waals surface area contributed by atoms with E-state index in [1.807, 2.05) is 0 Å².